The van der Waals surface area contributed by atoms with Crippen LogP contribution in [0.2, 0.25) is 0 Å². The molecule has 10 heavy (non-hydrogen) atoms. The maximum atomic E-state index is 4.05. The van der Waals surface area contributed by atoms with Gasteiger partial charge in [0.15, 0.2) is 0 Å². The Labute approximate surface area is 62.7 Å². The maximum Gasteiger partial charge on any atom is 0.105 e. The van der Waals surface area contributed by atoms with Gasteiger partial charge >= 0.3 is 0 Å². The van der Waals surface area contributed by atoms with Crippen molar-refractivity contribution in [3.63, 3.8) is 0 Å². The first-order chi connectivity index (χ1) is 4.93. The van der Waals surface area contributed by atoms with Crippen molar-refractivity contribution in [1.82, 2.24) is 9.97 Å². The number of aromatic amines is 1. The highest BCUT2D eigenvalue weighted by atomic mass is 14.9. The average molecular weight is 140 g/mol. The molecule has 2 heteroatoms. The highest BCUT2D eigenvalue weighted by Crippen LogP contribution is 1.91. The summed E-state index contributed by atoms with van der Waals surface area (Å²) in [6, 6.07) is 0. The Bertz CT molecular complexity index is 133. The zero-order chi connectivity index (χ0) is 7.82. The number of rotatable bonds is 2. The second-order valence-corrected chi connectivity index (χ2v) is 1.79. The molecule has 0 bridgehead atoms. The number of hydrogen-bond acceptors (Lipinski definition) is 1. The van der Waals surface area contributed by atoms with E-state index in [1.807, 2.05) is 20.0 Å². The Kier molecular flexibility index (Phi) is 5.83. The van der Waals surface area contributed by atoms with Gasteiger partial charge in [0.25, 0.3) is 0 Å². The minimum absolute atomic E-state index is 1.06. The van der Waals surface area contributed by atoms with Crippen molar-refractivity contribution in [3.8, 4) is 0 Å². The minimum Gasteiger partial charge on any atom is -0.349 e. The lowest BCUT2D eigenvalue weighted by Crippen LogP contribution is -1.83. The second kappa shape index (κ2) is 6.33. The van der Waals surface area contributed by atoms with E-state index in [0.717, 1.165) is 18.7 Å². The maximum absolute atomic E-state index is 4.05. The third kappa shape index (κ3) is 3.28. The Morgan fingerprint density at radius 3 is 2.60 bits per heavy atom. The molecule has 0 atom stereocenters. The number of hydrogen-bond donors (Lipinski definition) is 1. The van der Waals surface area contributed by atoms with Crippen molar-refractivity contribution in [3.05, 3.63) is 18.2 Å². The van der Waals surface area contributed by atoms with Crippen LogP contribution in [-0.4, -0.2) is 9.97 Å². The van der Waals surface area contributed by atoms with E-state index >= 15 is 0 Å². The monoisotopic (exact) mass is 140 g/mol. The number of nitrogens with zero attached hydrogens (tertiary/aromatic N) is 1. The molecule has 0 spiro atoms. The highest BCUT2D eigenvalue weighted by molar-refractivity contribution is 4.85. The Morgan fingerprint density at radius 2 is 2.20 bits per heavy atom. The van der Waals surface area contributed by atoms with Gasteiger partial charge in [0.1, 0.15) is 5.82 Å². The van der Waals surface area contributed by atoms with Crippen LogP contribution in [0.5, 0.6) is 0 Å². The van der Waals surface area contributed by atoms with Gasteiger partial charge in [-0.05, 0) is 6.42 Å². The summed E-state index contributed by atoms with van der Waals surface area (Å²) in [6.07, 6.45) is 5.86. The summed E-state index contributed by atoms with van der Waals surface area (Å²) in [6.45, 7) is 6.14. The fraction of sp³-hybridized carbons (Fsp3) is 0.625. The lowest BCUT2D eigenvalue weighted by atomic mass is 10.3. The van der Waals surface area contributed by atoms with E-state index in [4.69, 9.17) is 0 Å². The molecule has 0 saturated carbocycles. The van der Waals surface area contributed by atoms with Gasteiger partial charge in [0, 0.05) is 18.8 Å². The molecule has 1 aromatic heterocycles. The smallest absolute Gasteiger partial charge is 0.105 e. The molecule has 1 N–H and O–H groups in total. The summed E-state index contributed by atoms with van der Waals surface area (Å²) < 4.78 is 0. The third-order valence-electron chi connectivity index (χ3n) is 1.04. The van der Waals surface area contributed by atoms with Crippen LogP contribution in [0.1, 0.15) is 33.0 Å². The first kappa shape index (κ1) is 9.21. The molecule has 0 aliphatic rings. The predicted octanol–water partition coefficient (Wildman–Crippen LogP) is 2.39. The van der Waals surface area contributed by atoms with Crippen molar-refractivity contribution in [2.45, 2.75) is 33.6 Å². The van der Waals surface area contributed by atoms with Gasteiger partial charge in [0.2, 0.25) is 0 Å². The second-order valence-electron chi connectivity index (χ2n) is 1.79. The number of nitrogens with one attached hydrogen (secondary N) is 1. The zero-order valence-electron chi connectivity index (χ0n) is 7.02. The van der Waals surface area contributed by atoms with Gasteiger partial charge in [-0.15, -0.1) is 0 Å². The number of imidazole rings is 1. The van der Waals surface area contributed by atoms with Crippen LogP contribution >= 0.6 is 0 Å². The predicted molar refractivity (Wildman–Crippen MR) is 43.9 cm³/mol. The van der Waals surface area contributed by atoms with Crippen LogP contribution in [-0.2, 0) is 6.42 Å². The normalized spacial score (nSPS) is 8.30. The molecule has 1 rings (SSSR count). The summed E-state index contributed by atoms with van der Waals surface area (Å²) in [5.74, 6) is 1.09. The van der Waals surface area contributed by atoms with Crippen LogP contribution in [0.4, 0.5) is 0 Å². The van der Waals surface area contributed by atoms with Crippen LogP contribution < -0.4 is 0 Å². The summed E-state index contributed by atoms with van der Waals surface area (Å²) in [5.41, 5.74) is 0. The standard InChI is InChI=1S/C6H10N2.C2H6/c1-2-3-6-7-4-5-8-6;1-2/h4-5H,2-3H2,1H3,(H,7,8);1-2H3. The number of aryl methyl sites for hydroxylation is 1. The fourth-order valence-electron chi connectivity index (χ4n) is 0.671. The SMILES string of the molecule is CC.CCCc1ncc[nH]1. The van der Waals surface area contributed by atoms with Gasteiger partial charge in [-0.3, -0.25) is 0 Å². The van der Waals surface area contributed by atoms with E-state index in [-0.39, 0.29) is 0 Å². The van der Waals surface area contributed by atoms with E-state index in [0.29, 0.717) is 0 Å². The topological polar surface area (TPSA) is 28.7 Å². The summed E-state index contributed by atoms with van der Waals surface area (Å²) >= 11 is 0. The first-order valence-electron chi connectivity index (χ1n) is 3.91. The largest absolute Gasteiger partial charge is 0.349 e. The minimum atomic E-state index is 1.06. The molecule has 0 amide bonds. The molecule has 0 unspecified atom stereocenters. The van der Waals surface area contributed by atoms with Crippen molar-refractivity contribution in [2.24, 2.45) is 0 Å². The molecule has 0 aliphatic carbocycles. The average Bonchev–Trinajstić information content (AvgIpc) is 2.46. The molecule has 1 aromatic rings. The molecular formula is C8H16N2. The Balaban J connectivity index is 0.000000371. The molecule has 0 fully saturated rings. The van der Waals surface area contributed by atoms with E-state index in [9.17, 15) is 0 Å². The van der Waals surface area contributed by atoms with Gasteiger partial charge in [0.05, 0.1) is 0 Å². The summed E-state index contributed by atoms with van der Waals surface area (Å²) in [4.78, 5) is 7.08. The third-order valence-corrected chi connectivity index (χ3v) is 1.04. The van der Waals surface area contributed by atoms with Gasteiger partial charge in [-0.25, -0.2) is 4.98 Å². The zero-order valence-corrected chi connectivity index (χ0v) is 7.02. The number of aromatic nitrogens is 2. The van der Waals surface area contributed by atoms with Crippen LogP contribution in [0.3, 0.4) is 0 Å². The first-order valence-corrected chi connectivity index (χ1v) is 3.91. The van der Waals surface area contributed by atoms with E-state index in [1.54, 1.807) is 6.20 Å². The lowest BCUT2D eigenvalue weighted by molar-refractivity contribution is 0.856. The molecule has 0 aliphatic heterocycles. The van der Waals surface area contributed by atoms with Gasteiger partial charge < -0.3 is 4.98 Å². The van der Waals surface area contributed by atoms with Crippen LogP contribution in [0, 0.1) is 0 Å². The molecular weight excluding hydrogens is 124 g/mol. The van der Waals surface area contributed by atoms with Crippen molar-refractivity contribution < 1.29 is 0 Å². The molecule has 0 aromatic carbocycles. The van der Waals surface area contributed by atoms with Gasteiger partial charge in [-0.1, -0.05) is 20.8 Å². The van der Waals surface area contributed by atoms with Crippen molar-refractivity contribution in [2.75, 3.05) is 0 Å². The Morgan fingerprint density at radius 1 is 1.50 bits per heavy atom. The van der Waals surface area contributed by atoms with Gasteiger partial charge in [-0.2, -0.15) is 0 Å². The molecule has 58 valence electrons. The fourth-order valence-corrected chi connectivity index (χ4v) is 0.671. The quantitative estimate of drug-likeness (QED) is 0.671. The summed E-state index contributed by atoms with van der Waals surface area (Å²) in [5, 5.41) is 0. The molecule has 1 heterocycles. The lowest BCUT2D eigenvalue weighted by Gasteiger charge is -1.85. The van der Waals surface area contributed by atoms with Crippen LogP contribution in [0.25, 0.3) is 0 Å². The van der Waals surface area contributed by atoms with E-state index in [1.165, 1.54) is 0 Å². The number of H-pyrrole nitrogens is 1. The van der Waals surface area contributed by atoms with Crippen LogP contribution in [0.15, 0.2) is 12.4 Å². The molecule has 2 nitrogen and oxygen atoms in total. The summed E-state index contributed by atoms with van der Waals surface area (Å²) in [7, 11) is 0. The van der Waals surface area contributed by atoms with Crippen molar-refractivity contribution in [1.29, 1.82) is 0 Å². The van der Waals surface area contributed by atoms with Crippen molar-refractivity contribution >= 4 is 0 Å². The Hall–Kier alpha value is -0.790. The highest BCUT2D eigenvalue weighted by Gasteiger charge is 1.87. The van der Waals surface area contributed by atoms with E-state index < -0.39 is 0 Å². The molecule has 0 radical (unpaired) electrons. The molecule has 0 saturated heterocycles. The van der Waals surface area contributed by atoms with E-state index in [2.05, 4.69) is 16.9 Å².